The summed E-state index contributed by atoms with van der Waals surface area (Å²) in [5, 5.41) is 0. The maximum absolute atomic E-state index is 11.4. The monoisotopic (exact) mass is 228 g/mol. The number of ether oxygens (including phenoxy) is 1. The smallest absolute Gasteiger partial charge is 0.310 e. The summed E-state index contributed by atoms with van der Waals surface area (Å²) in [7, 11) is 0. The van der Waals surface area contributed by atoms with Gasteiger partial charge in [0, 0.05) is 5.92 Å². The molecule has 1 aromatic carbocycles. The highest BCUT2D eigenvalue weighted by Crippen LogP contribution is 2.39. The van der Waals surface area contributed by atoms with Gasteiger partial charge in [-0.2, -0.15) is 0 Å². The molecule has 0 saturated heterocycles. The molecule has 0 aromatic heterocycles. The molecule has 2 heteroatoms. The second-order valence-corrected chi connectivity index (χ2v) is 4.80. The summed E-state index contributed by atoms with van der Waals surface area (Å²) in [4.78, 5) is 11.4. The van der Waals surface area contributed by atoms with Gasteiger partial charge in [-0.1, -0.05) is 36.4 Å². The topological polar surface area (TPSA) is 26.3 Å². The minimum atomic E-state index is -0.0819. The van der Waals surface area contributed by atoms with Gasteiger partial charge in [-0.3, -0.25) is 4.79 Å². The van der Waals surface area contributed by atoms with Crippen molar-refractivity contribution in [2.24, 2.45) is 0 Å². The zero-order chi connectivity index (χ0) is 11.7. The first-order chi connectivity index (χ1) is 8.34. The number of hydrogen-bond donors (Lipinski definition) is 0. The molecule has 0 bridgehead atoms. The van der Waals surface area contributed by atoms with Crippen LogP contribution in [0.1, 0.15) is 37.2 Å². The first-order valence-corrected chi connectivity index (χ1v) is 6.28. The Bertz CT molecular complexity index is 447. The third-order valence-electron chi connectivity index (χ3n) is 3.73. The van der Waals surface area contributed by atoms with E-state index in [1.807, 2.05) is 6.07 Å². The Kier molecular flexibility index (Phi) is 2.71. The lowest BCUT2D eigenvalue weighted by atomic mass is 9.77. The van der Waals surface area contributed by atoms with E-state index in [0.29, 0.717) is 12.3 Å². The molecule has 1 aliphatic carbocycles. The summed E-state index contributed by atoms with van der Waals surface area (Å²) < 4.78 is 5.55. The van der Waals surface area contributed by atoms with Crippen LogP contribution in [0.4, 0.5) is 0 Å². The van der Waals surface area contributed by atoms with Gasteiger partial charge in [-0.25, -0.2) is 0 Å². The lowest BCUT2D eigenvalue weighted by Gasteiger charge is -2.35. The third kappa shape index (κ3) is 1.99. The van der Waals surface area contributed by atoms with E-state index < -0.39 is 0 Å². The standard InChI is InChI=1S/C15H16O2/c16-14-10-9-12-7-4-8-13(15(12)17-14)11-5-2-1-3-6-11/h1-3,5-6,9,13,15H,4,7-8,10H2/t13-,15+/m0/s1. The maximum atomic E-state index is 11.4. The summed E-state index contributed by atoms with van der Waals surface area (Å²) in [6, 6.07) is 10.4. The zero-order valence-corrected chi connectivity index (χ0v) is 9.76. The fraction of sp³-hybridized carbons (Fsp3) is 0.400. The Morgan fingerprint density at radius 2 is 2.00 bits per heavy atom. The first-order valence-electron chi connectivity index (χ1n) is 6.28. The molecule has 2 aliphatic rings. The van der Waals surface area contributed by atoms with Crippen molar-refractivity contribution in [2.45, 2.75) is 37.7 Å². The number of hydrogen-bond acceptors (Lipinski definition) is 2. The van der Waals surface area contributed by atoms with Crippen LogP contribution < -0.4 is 0 Å². The van der Waals surface area contributed by atoms with E-state index in [-0.39, 0.29) is 12.1 Å². The number of carbonyl (C=O) groups is 1. The van der Waals surface area contributed by atoms with Crippen LogP contribution in [-0.4, -0.2) is 12.1 Å². The fourth-order valence-corrected chi connectivity index (χ4v) is 2.90. The van der Waals surface area contributed by atoms with Crippen molar-refractivity contribution >= 4 is 5.97 Å². The van der Waals surface area contributed by atoms with Crippen LogP contribution >= 0.6 is 0 Å². The average molecular weight is 228 g/mol. The van der Waals surface area contributed by atoms with Crippen molar-refractivity contribution < 1.29 is 9.53 Å². The number of carbonyl (C=O) groups excluding carboxylic acids is 1. The molecule has 1 heterocycles. The van der Waals surface area contributed by atoms with Gasteiger partial charge in [0.1, 0.15) is 6.10 Å². The molecule has 1 aliphatic heterocycles. The van der Waals surface area contributed by atoms with E-state index in [0.717, 1.165) is 12.8 Å². The molecule has 2 atom stereocenters. The van der Waals surface area contributed by atoms with Crippen LogP contribution in [0.2, 0.25) is 0 Å². The van der Waals surface area contributed by atoms with Crippen molar-refractivity contribution in [2.75, 3.05) is 0 Å². The SMILES string of the molecule is O=C1CC=C2CCC[C@@H](c3ccccc3)[C@@H]2O1. The van der Waals surface area contributed by atoms with E-state index in [1.54, 1.807) is 0 Å². The van der Waals surface area contributed by atoms with Crippen molar-refractivity contribution in [1.82, 2.24) is 0 Å². The van der Waals surface area contributed by atoms with Gasteiger partial charge < -0.3 is 4.74 Å². The minimum absolute atomic E-state index is 0.00704. The Hall–Kier alpha value is -1.57. The number of rotatable bonds is 1. The molecule has 1 aromatic rings. The van der Waals surface area contributed by atoms with Crippen molar-refractivity contribution in [1.29, 1.82) is 0 Å². The second kappa shape index (κ2) is 4.36. The number of esters is 1. The van der Waals surface area contributed by atoms with Crippen LogP contribution in [-0.2, 0) is 9.53 Å². The average Bonchev–Trinajstić information content (AvgIpc) is 2.39. The van der Waals surface area contributed by atoms with Gasteiger partial charge in [0.15, 0.2) is 0 Å². The molecule has 2 nitrogen and oxygen atoms in total. The molecular weight excluding hydrogens is 212 g/mol. The third-order valence-corrected chi connectivity index (χ3v) is 3.73. The van der Waals surface area contributed by atoms with Crippen molar-refractivity contribution in [3.8, 4) is 0 Å². The quantitative estimate of drug-likeness (QED) is 0.545. The van der Waals surface area contributed by atoms with Gasteiger partial charge >= 0.3 is 5.97 Å². The highest BCUT2D eigenvalue weighted by Gasteiger charge is 2.34. The predicted molar refractivity (Wildman–Crippen MR) is 65.6 cm³/mol. The number of benzene rings is 1. The van der Waals surface area contributed by atoms with Crippen LogP contribution in [0, 0.1) is 0 Å². The molecule has 0 N–H and O–H groups in total. The van der Waals surface area contributed by atoms with Gasteiger partial charge in [-0.05, 0) is 30.4 Å². The van der Waals surface area contributed by atoms with Crippen molar-refractivity contribution in [3.63, 3.8) is 0 Å². The van der Waals surface area contributed by atoms with Gasteiger partial charge in [-0.15, -0.1) is 0 Å². The number of fused-ring (bicyclic) bond motifs is 1. The van der Waals surface area contributed by atoms with Crippen LogP contribution in [0.15, 0.2) is 42.0 Å². The van der Waals surface area contributed by atoms with E-state index in [9.17, 15) is 4.79 Å². The first kappa shape index (κ1) is 10.6. The molecule has 3 rings (SSSR count). The van der Waals surface area contributed by atoms with Gasteiger partial charge in [0.2, 0.25) is 0 Å². The lowest BCUT2D eigenvalue weighted by Crippen LogP contribution is -2.33. The zero-order valence-electron chi connectivity index (χ0n) is 9.76. The Morgan fingerprint density at radius 1 is 1.18 bits per heavy atom. The summed E-state index contributed by atoms with van der Waals surface area (Å²) in [5.41, 5.74) is 2.61. The van der Waals surface area contributed by atoms with E-state index in [4.69, 9.17) is 4.74 Å². The van der Waals surface area contributed by atoms with Gasteiger partial charge in [0.05, 0.1) is 6.42 Å². The van der Waals surface area contributed by atoms with E-state index in [2.05, 4.69) is 30.3 Å². The Labute approximate surface area is 101 Å². The minimum Gasteiger partial charge on any atom is -0.457 e. The van der Waals surface area contributed by atoms with Crippen LogP contribution in [0.5, 0.6) is 0 Å². The molecule has 0 spiro atoms. The fourth-order valence-electron chi connectivity index (χ4n) is 2.90. The highest BCUT2D eigenvalue weighted by atomic mass is 16.5. The largest absolute Gasteiger partial charge is 0.457 e. The molecule has 17 heavy (non-hydrogen) atoms. The molecule has 0 unspecified atom stereocenters. The molecule has 1 saturated carbocycles. The molecular formula is C15H16O2. The predicted octanol–water partition coefficient (Wildman–Crippen LogP) is 3.20. The molecule has 88 valence electrons. The summed E-state index contributed by atoms with van der Waals surface area (Å²) in [6.45, 7) is 0. The lowest BCUT2D eigenvalue weighted by molar-refractivity contribution is -0.149. The van der Waals surface area contributed by atoms with Crippen molar-refractivity contribution in [3.05, 3.63) is 47.5 Å². The highest BCUT2D eigenvalue weighted by molar-refractivity contribution is 5.73. The molecule has 0 radical (unpaired) electrons. The van der Waals surface area contributed by atoms with Crippen LogP contribution in [0.25, 0.3) is 0 Å². The molecule has 1 fully saturated rings. The summed E-state index contributed by atoms with van der Waals surface area (Å²) in [5.74, 6) is 0.266. The Balaban J connectivity index is 1.92. The normalized spacial score (nSPS) is 28.0. The molecule has 0 amide bonds. The second-order valence-electron chi connectivity index (χ2n) is 4.80. The maximum Gasteiger partial charge on any atom is 0.310 e. The Morgan fingerprint density at radius 3 is 2.82 bits per heavy atom. The summed E-state index contributed by atoms with van der Waals surface area (Å²) in [6.07, 6.45) is 5.91. The van der Waals surface area contributed by atoms with Gasteiger partial charge in [0.25, 0.3) is 0 Å². The summed E-state index contributed by atoms with van der Waals surface area (Å²) >= 11 is 0. The van der Waals surface area contributed by atoms with E-state index in [1.165, 1.54) is 17.6 Å². The van der Waals surface area contributed by atoms with Crippen LogP contribution in [0.3, 0.4) is 0 Å². The van der Waals surface area contributed by atoms with E-state index >= 15 is 0 Å².